The number of amides is 1. The van der Waals surface area contributed by atoms with E-state index in [-0.39, 0.29) is 5.91 Å². The van der Waals surface area contributed by atoms with Crippen LogP contribution in [0, 0.1) is 0 Å². The fourth-order valence-corrected chi connectivity index (χ4v) is 3.10. The fourth-order valence-electron chi connectivity index (χ4n) is 2.42. The summed E-state index contributed by atoms with van der Waals surface area (Å²) in [5.41, 5.74) is 2.97. The molecule has 0 radical (unpaired) electrons. The number of thiophene rings is 1. The lowest BCUT2D eigenvalue weighted by Gasteiger charge is -2.05. The number of hydrogen-bond donors (Lipinski definition) is 1. The van der Waals surface area contributed by atoms with Crippen LogP contribution in [0.25, 0.3) is 16.1 Å². The molecular formula is C16H13N5OS. The van der Waals surface area contributed by atoms with Gasteiger partial charge in [-0.2, -0.15) is 10.2 Å². The Balaban J connectivity index is 1.61. The lowest BCUT2D eigenvalue weighted by molar-refractivity contribution is 0.101. The van der Waals surface area contributed by atoms with Crippen molar-refractivity contribution in [1.82, 2.24) is 19.4 Å². The average molecular weight is 323 g/mol. The van der Waals surface area contributed by atoms with Gasteiger partial charge in [-0.3, -0.25) is 9.48 Å². The van der Waals surface area contributed by atoms with Gasteiger partial charge < -0.3 is 5.32 Å². The zero-order valence-corrected chi connectivity index (χ0v) is 13.1. The standard InChI is InChI=1S/C16H13N5OS/c1-20-14(10-13(19-20)15-3-2-8-23-15)16(22)18-11-5-7-21-12(9-11)4-6-17-21/h2-10H,1H3,(H,18,22). The first-order chi connectivity index (χ1) is 11.2. The van der Waals surface area contributed by atoms with Gasteiger partial charge in [0.25, 0.3) is 5.91 Å². The van der Waals surface area contributed by atoms with Crippen LogP contribution < -0.4 is 5.32 Å². The second-order valence-electron chi connectivity index (χ2n) is 5.09. The van der Waals surface area contributed by atoms with Gasteiger partial charge >= 0.3 is 0 Å². The fraction of sp³-hybridized carbons (Fsp3) is 0.0625. The molecule has 0 unspecified atom stereocenters. The van der Waals surface area contributed by atoms with Crippen LogP contribution in [0.5, 0.6) is 0 Å². The molecule has 4 aromatic rings. The summed E-state index contributed by atoms with van der Waals surface area (Å²) < 4.78 is 3.34. The number of hydrogen-bond acceptors (Lipinski definition) is 4. The number of anilines is 1. The second-order valence-corrected chi connectivity index (χ2v) is 6.03. The van der Waals surface area contributed by atoms with Gasteiger partial charge in [-0.25, -0.2) is 4.52 Å². The number of carbonyl (C=O) groups excluding carboxylic acids is 1. The summed E-state index contributed by atoms with van der Waals surface area (Å²) in [7, 11) is 1.77. The zero-order valence-electron chi connectivity index (χ0n) is 12.3. The molecule has 0 saturated carbocycles. The maximum absolute atomic E-state index is 12.5. The van der Waals surface area contributed by atoms with Crippen LogP contribution in [0.1, 0.15) is 10.5 Å². The van der Waals surface area contributed by atoms with Gasteiger partial charge in [0.05, 0.1) is 10.4 Å². The van der Waals surface area contributed by atoms with Crippen molar-refractivity contribution in [1.29, 1.82) is 0 Å². The summed E-state index contributed by atoms with van der Waals surface area (Å²) in [6.07, 6.45) is 3.53. The molecule has 0 saturated heterocycles. The number of nitrogens with zero attached hydrogens (tertiary/aromatic N) is 4. The molecule has 4 aromatic heterocycles. The molecule has 0 aliphatic carbocycles. The highest BCUT2D eigenvalue weighted by Gasteiger charge is 2.15. The minimum atomic E-state index is -0.188. The third-order valence-corrected chi connectivity index (χ3v) is 4.44. The summed E-state index contributed by atoms with van der Waals surface area (Å²) >= 11 is 1.60. The summed E-state index contributed by atoms with van der Waals surface area (Å²) in [4.78, 5) is 13.5. The van der Waals surface area contributed by atoms with E-state index in [1.807, 2.05) is 41.9 Å². The van der Waals surface area contributed by atoms with Gasteiger partial charge in [0.15, 0.2) is 0 Å². The Morgan fingerprint density at radius 3 is 3.00 bits per heavy atom. The topological polar surface area (TPSA) is 64.2 Å². The Hall–Kier alpha value is -2.93. The summed E-state index contributed by atoms with van der Waals surface area (Å²) in [6.45, 7) is 0. The van der Waals surface area contributed by atoms with Crippen molar-refractivity contribution in [2.75, 3.05) is 5.32 Å². The SMILES string of the molecule is Cn1nc(-c2cccs2)cc1C(=O)Nc1ccn2nccc2c1. The van der Waals surface area contributed by atoms with Crippen LogP contribution >= 0.6 is 11.3 Å². The number of fused-ring (bicyclic) bond motifs is 1. The lowest BCUT2D eigenvalue weighted by Crippen LogP contribution is -2.16. The van der Waals surface area contributed by atoms with Crippen molar-refractivity contribution >= 4 is 28.4 Å². The molecule has 1 N–H and O–H groups in total. The highest BCUT2D eigenvalue weighted by Crippen LogP contribution is 2.24. The Bertz CT molecular complexity index is 983. The van der Waals surface area contributed by atoms with Crippen molar-refractivity contribution < 1.29 is 4.79 Å². The minimum Gasteiger partial charge on any atom is -0.321 e. The van der Waals surface area contributed by atoms with E-state index in [0.29, 0.717) is 5.69 Å². The molecule has 114 valence electrons. The van der Waals surface area contributed by atoms with Crippen molar-refractivity contribution in [3.05, 3.63) is 59.9 Å². The predicted molar refractivity (Wildman–Crippen MR) is 89.7 cm³/mol. The molecule has 0 atom stereocenters. The normalized spacial score (nSPS) is 11.0. The number of pyridine rings is 1. The summed E-state index contributed by atoms with van der Waals surface area (Å²) in [6, 6.07) is 11.3. The van der Waals surface area contributed by atoms with Gasteiger partial charge in [0.2, 0.25) is 0 Å². The minimum absolute atomic E-state index is 0.188. The van der Waals surface area contributed by atoms with E-state index in [2.05, 4.69) is 15.5 Å². The van der Waals surface area contributed by atoms with Crippen LogP contribution in [0.2, 0.25) is 0 Å². The number of rotatable bonds is 3. The van der Waals surface area contributed by atoms with E-state index in [1.165, 1.54) is 0 Å². The molecule has 4 heterocycles. The second kappa shape index (κ2) is 5.36. The van der Waals surface area contributed by atoms with E-state index in [4.69, 9.17) is 0 Å². The predicted octanol–water partition coefficient (Wildman–Crippen LogP) is 3.05. The average Bonchev–Trinajstić information content (AvgIpc) is 3.26. The molecule has 7 heteroatoms. The van der Waals surface area contributed by atoms with Crippen LogP contribution in [0.3, 0.4) is 0 Å². The number of aromatic nitrogens is 4. The molecule has 0 bridgehead atoms. The first-order valence-corrected chi connectivity index (χ1v) is 7.91. The first kappa shape index (κ1) is 13.7. The largest absolute Gasteiger partial charge is 0.321 e. The molecule has 6 nitrogen and oxygen atoms in total. The maximum Gasteiger partial charge on any atom is 0.273 e. The molecule has 0 aromatic carbocycles. The van der Waals surface area contributed by atoms with Crippen LogP contribution in [-0.4, -0.2) is 25.3 Å². The third-order valence-electron chi connectivity index (χ3n) is 3.54. The molecule has 4 rings (SSSR count). The van der Waals surface area contributed by atoms with Gasteiger partial charge in [-0.15, -0.1) is 11.3 Å². The highest BCUT2D eigenvalue weighted by molar-refractivity contribution is 7.13. The van der Waals surface area contributed by atoms with Crippen molar-refractivity contribution in [3.8, 4) is 10.6 Å². The van der Waals surface area contributed by atoms with Gasteiger partial charge in [0.1, 0.15) is 11.4 Å². The lowest BCUT2D eigenvalue weighted by atomic mass is 10.3. The van der Waals surface area contributed by atoms with Crippen LogP contribution in [-0.2, 0) is 7.05 Å². The maximum atomic E-state index is 12.5. The van der Waals surface area contributed by atoms with Gasteiger partial charge in [0, 0.05) is 25.1 Å². The Morgan fingerprint density at radius 1 is 1.26 bits per heavy atom. The van der Waals surface area contributed by atoms with E-state index >= 15 is 0 Å². The van der Waals surface area contributed by atoms with Gasteiger partial charge in [-0.05, 0) is 35.7 Å². The van der Waals surface area contributed by atoms with Crippen molar-refractivity contribution in [3.63, 3.8) is 0 Å². The Labute approximate surface area is 136 Å². The molecular weight excluding hydrogens is 310 g/mol. The quantitative estimate of drug-likeness (QED) is 0.630. The van der Waals surface area contributed by atoms with E-state index in [1.54, 1.807) is 39.8 Å². The van der Waals surface area contributed by atoms with Crippen molar-refractivity contribution in [2.45, 2.75) is 0 Å². The van der Waals surface area contributed by atoms with Crippen LogP contribution in [0.4, 0.5) is 5.69 Å². The Morgan fingerprint density at radius 2 is 2.17 bits per heavy atom. The molecule has 0 aliphatic heterocycles. The first-order valence-electron chi connectivity index (χ1n) is 7.03. The molecule has 23 heavy (non-hydrogen) atoms. The number of nitrogens with one attached hydrogen (secondary N) is 1. The molecule has 1 amide bonds. The highest BCUT2D eigenvalue weighted by atomic mass is 32.1. The van der Waals surface area contributed by atoms with E-state index in [9.17, 15) is 4.79 Å². The monoisotopic (exact) mass is 323 g/mol. The number of carbonyl (C=O) groups is 1. The Kier molecular flexibility index (Phi) is 3.20. The zero-order chi connectivity index (χ0) is 15.8. The van der Waals surface area contributed by atoms with Crippen LogP contribution in [0.15, 0.2) is 54.2 Å². The van der Waals surface area contributed by atoms with E-state index in [0.717, 1.165) is 21.8 Å². The van der Waals surface area contributed by atoms with Gasteiger partial charge in [-0.1, -0.05) is 6.07 Å². The molecule has 0 aliphatic rings. The summed E-state index contributed by atoms with van der Waals surface area (Å²) in [5, 5.41) is 13.4. The third kappa shape index (κ3) is 2.51. The summed E-state index contributed by atoms with van der Waals surface area (Å²) in [5.74, 6) is -0.188. The van der Waals surface area contributed by atoms with E-state index < -0.39 is 0 Å². The molecule has 0 spiro atoms. The number of aryl methyl sites for hydroxylation is 1. The van der Waals surface area contributed by atoms with Crippen molar-refractivity contribution in [2.24, 2.45) is 7.05 Å². The molecule has 0 fully saturated rings. The smallest absolute Gasteiger partial charge is 0.273 e.